The summed E-state index contributed by atoms with van der Waals surface area (Å²) in [6.07, 6.45) is 1.17. The van der Waals surface area contributed by atoms with Crippen molar-refractivity contribution in [2.75, 3.05) is 30.5 Å². The molecule has 0 atom stereocenters. The molecule has 0 saturated carbocycles. The largest absolute Gasteiger partial charge is 0.371 e. The number of nitrogens with zero attached hydrogens (tertiary/aromatic N) is 1. The number of halogens is 2. The molecule has 0 saturated heterocycles. The summed E-state index contributed by atoms with van der Waals surface area (Å²) < 4.78 is 35.7. The lowest BCUT2D eigenvalue weighted by atomic mass is 10.2. The minimum Gasteiger partial charge on any atom is -0.371 e. The van der Waals surface area contributed by atoms with Crippen LogP contribution in [0.5, 0.6) is 0 Å². The summed E-state index contributed by atoms with van der Waals surface area (Å²) in [6.45, 7) is 0.281. The molecule has 6 heteroatoms. The van der Waals surface area contributed by atoms with E-state index in [1.807, 2.05) is 6.07 Å². The Balaban J connectivity index is 2.79. The molecule has 0 aliphatic rings. The number of anilines is 1. The van der Waals surface area contributed by atoms with Gasteiger partial charge in [0.15, 0.2) is 0 Å². The Kier molecular flexibility index (Phi) is 4.94. The van der Waals surface area contributed by atoms with Crippen molar-refractivity contribution < 1.29 is 12.8 Å². The zero-order valence-corrected chi connectivity index (χ0v) is 12.2. The second-order valence-electron chi connectivity index (χ2n) is 3.97. The maximum Gasteiger partial charge on any atom is 0.149 e. The van der Waals surface area contributed by atoms with E-state index < -0.39 is 9.84 Å². The molecule has 0 bridgehead atoms. The van der Waals surface area contributed by atoms with Crippen LogP contribution in [0.2, 0.25) is 0 Å². The fraction of sp³-hybridized carbons (Fsp3) is 0.455. The molecule has 1 aromatic rings. The van der Waals surface area contributed by atoms with Gasteiger partial charge in [0.05, 0.1) is 11.4 Å². The fourth-order valence-corrected chi connectivity index (χ4v) is 2.32. The Bertz CT molecular complexity index is 490. The van der Waals surface area contributed by atoms with E-state index in [1.54, 1.807) is 18.0 Å². The monoisotopic (exact) mass is 323 g/mol. The van der Waals surface area contributed by atoms with E-state index in [1.165, 1.54) is 12.3 Å². The van der Waals surface area contributed by atoms with Crippen molar-refractivity contribution in [1.82, 2.24) is 0 Å². The Morgan fingerprint density at radius 2 is 2.06 bits per heavy atom. The van der Waals surface area contributed by atoms with Crippen molar-refractivity contribution in [2.24, 2.45) is 0 Å². The average Bonchev–Trinajstić information content (AvgIpc) is 2.24. The second kappa shape index (κ2) is 5.82. The topological polar surface area (TPSA) is 37.4 Å². The van der Waals surface area contributed by atoms with Gasteiger partial charge in [-0.05, 0) is 17.7 Å². The van der Waals surface area contributed by atoms with E-state index in [4.69, 9.17) is 0 Å². The Morgan fingerprint density at radius 3 is 2.53 bits per heavy atom. The van der Waals surface area contributed by atoms with E-state index in [9.17, 15) is 12.8 Å². The van der Waals surface area contributed by atoms with E-state index in [2.05, 4.69) is 15.9 Å². The van der Waals surface area contributed by atoms with Gasteiger partial charge in [0.1, 0.15) is 15.7 Å². The minimum absolute atomic E-state index is 0.0170. The van der Waals surface area contributed by atoms with Crippen LogP contribution in [0.15, 0.2) is 18.2 Å². The third kappa shape index (κ3) is 4.63. The first kappa shape index (κ1) is 14.4. The molecule has 0 fully saturated rings. The first-order valence-corrected chi connectivity index (χ1v) is 8.25. The molecule has 0 spiro atoms. The van der Waals surface area contributed by atoms with E-state index >= 15 is 0 Å². The third-order valence-corrected chi connectivity index (χ3v) is 3.95. The molecule has 96 valence electrons. The van der Waals surface area contributed by atoms with Crippen LogP contribution in [-0.4, -0.2) is 34.0 Å². The van der Waals surface area contributed by atoms with Crippen LogP contribution in [0.25, 0.3) is 0 Å². The van der Waals surface area contributed by atoms with Gasteiger partial charge >= 0.3 is 0 Å². The number of hydrogen-bond acceptors (Lipinski definition) is 3. The van der Waals surface area contributed by atoms with Crippen LogP contribution in [0.3, 0.4) is 0 Å². The summed E-state index contributed by atoms with van der Waals surface area (Å²) >= 11 is 3.25. The molecule has 0 heterocycles. The Morgan fingerprint density at radius 1 is 1.41 bits per heavy atom. The van der Waals surface area contributed by atoms with Gasteiger partial charge in [-0.15, -0.1) is 0 Å². The van der Waals surface area contributed by atoms with E-state index in [0.29, 0.717) is 11.0 Å². The molecule has 17 heavy (non-hydrogen) atoms. The van der Waals surface area contributed by atoms with E-state index in [-0.39, 0.29) is 18.1 Å². The summed E-state index contributed by atoms with van der Waals surface area (Å²) in [4.78, 5) is 1.61. The number of rotatable bonds is 5. The van der Waals surface area contributed by atoms with Gasteiger partial charge in [0.2, 0.25) is 0 Å². The predicted molar refractivity (Wildman–Crippen MR) is 72.0 cm³/mol. The third-order valence-electron chi connectivity index (χ3n) is 2.38. The SMILES string of the molecule is CN(CCS(C)(=O)=O)c1ccc(CBr)cc1F. The van der Waals surface area contributed by atoms with Gasteiger partial charge in [-0.25, -0.2) is 12.8 Å². The van der Waals surface area contributed by atoms with Crippen molar-refractivity contribution >= 4 is 31.5 Å². The van der Waals surface area contributed by atoms with Gasteiger partial charge in [-0.1, -0.05) is 22.0 Å². The highest BCUT2D eigenvalue weighted by molar-refractivity contribution is 9.08. The van der Waals surface area contributed by atoms with Crippen molar-refractivity contribution in [3.63, 3.8) is 0 Å². The second-order valence-corrected chi connectivity index (χ2v) is 6.79. The van der Waals surface area contributed by atoms with E-state index in [0.717, 1.165) is 5.56 Å². The van der Waals surface area contributed by atoms with Crippen LogP contribution < -0.4 is 4.90 Å². The molecular formula is C11H15BrFNO2S. The lowest BCUT2D eigenvalue weighted by Crippen LogP contribution is -2.25. The zero-order chi connectivity index (χ0) is 13.1. The number of hydrogen-bond donors (Lipinski definition) is 0. The summed E-state index contributed by atoms with van der Waals surface area (Å²) in [5, 5.41) is 0.594. The van der Waals surface area contributed by atoms with Crippen LogP contribution in [0.1, 0.15) is 5.56 Å². The molecule has 0 unspecified atom stereocenters. The van der Waals surface area contributed by atoms with Gasteiger partial charge in [0, 0.05) is 25.2 Å². The van der Waals surface area contributed by atoms with Crippen LogP contribution >= 0.6 is 15.9 Å². The summed E-state index contributed by atoms with van der Waals surface area (Å²) in [6, 6.07) is 4.92. The molecule has 0 aliphatic heterocycles. The molecule has 3 nitrogen and oxygen atoms in total. The maximum absolute atomic E-state index is 13.7. The normalized spacial score (nSPS) is 11.5. The zero-order valence-electron chi connectivity index (χ0n) is 9.78. The number of sulfone groups is 1. The molecule has 0 aromatic heterocycles. The minimum atomic E-state index is -3.02. The maximum atomic E-state index is 13.7. The highest BCUT2D eigenvalue weighted by atomic mass is 79.9. The smallest absolute Gasteiger partial charge is 0.149 e. The molecule has 1 aromatic carbocycles. The standard InChI is InChI=1S/C11H15BrFNO2S/c1-14(5-6-17(2,15)16)11-4-3-9(8-12)7-10(11)13/h3-4,7H,5-6,8H2,1-2H3. The van der Waals surface area contributed by atoms with Crippen molar-refractivity contribution in [3.05, 3.63) is 29.6 Å². The quantitative estimate of drug-likeness (QED) is 0.779. The molecule has 0 amide bonds. The first-order valence-electron chi connectivity index (χ1n) is 5.07. The van der Waals surface area contributed by atoms with Crippen molar-refractivity contribution in [2.45, 2.75) is 5.33 Å². The predicted octanol–water partition coefficient (Wildman–Crippen LogP) is 2.20. The molecule has 0 aliphatic carbocycles. The fourth-order valence-electron chi connectivity index (χ4n) is 1.37. The van der Waals surface area contributed by atoms with Crippen molar-refractivity contribution in [3.8, 4) is 0 Å². The van der Waals surface area contributed by atoms with Crippen LogP contribution in [0, 0.1) is 5.82 Å². The number of benzene rings is 1. The summed E-state index contributed by atoms with van der Waals surface area (Å²) in [7, 11) is -1.35. The highest BCUT2D eigenvalue weighted by Crippen LogP contribution is 2.20. The molecule has 0 N–H and O–H groups in total. The van der Waals surface area contributed by atoms with Gasteiger partial charge < -0.3 is 4.90 Å². The first-order chi connectivity index (χ1) is 7.83. The van der Waals surface area contributed by atoms with Crippen LogP contribution in [0.4, 0.5) is 10.1 Å². The summed E-state index contributed by atoms with van der Waals surface area (Å²) in [5.74, 6) is -0.318. The summed E-state index contributed by atoms with van der Waals surface area (Å²) in [5.41, 5.74) is 1.26. The lowest BCUT2D eigenvalue weighted by Gasteiger charge is -2.19. The highest BCUT2D eigenvalue weighted by Gasteiger charge is 2.10. The molecular weight excluding hydrogens is 309 g/mol. The molecule has 0 radical (unpaired) electrons. The van der Waals surface area contributed by atoms with Gasteiger partial charge in [0.25, 0.3) is 0 Å². The lowest BCUT2D eigenvalue weighted by molar-refractivity contribution is 0.599. The Hall–Kier alpha value is -0.620. The average molecular weight is 324 g/mol. The van der Waals surface area contributed by atoms with Gasteiger partial charge in [-0.2, -0.15) is 0 Å². The van der Waals surface area contributed by atoms with Crippen molar-refractivity contribution in [1.29, 1.82) is 0 Å². The molecule has 1 rings (SSSR count). The van der Waals surface area contributed by atoms with Crippen LogP contribution in [-0.2, 0) is 15.2 Å². The Labute approximate surface area is 110 Å². The number of alkyl halides is 1. The van der Waals surface area contributed by atoms with Gasteiger partial charge in [-0.3, -0.25) is 0 Å².